The van der Waals surface area contributed by atoms with Crippen LogP contribution in [0.5, 0.6) is 0 Å². The van der Waals surface area contributed by atoms with Crippen LogP contribution in [-0.2, 0) is 21.5 Å². The number of imide groups is 1. The number of carbonyl (C=O) groups excluding carboxylic acids is 2. The lowest BCUT2D eigenvalue weighted by atomic mass is 9.47. The first-order valence-electron chi connectivity index (χ1n) is 15.2. The Morgan fingerprint density at radius 3 is 1.91 bits per heavy atom. The van der Waals surface area contributed by atoms with E-state index in [9.17, 15) is 9.59 Å². The molecule has 1 saturated heterocycles. The Hall–Kier alpha value is -5.35. The molecule has 1 fully saturated rings. The van der Waals surface area contributed by atoms with Gasteiger partial charge in [0.1, 0.15) is 0 Å². The van der Waals surface area contributed by atoms with Crippen LogP contribution in [0.4, 0.5) is 5.69 Å². The fourth-order valence-electron chi connectivity index (χ4n) is 8.41. The van der Waals surface area contributed by atoms with Crippen LogP contribution in [0.25, 0.3) is 21.5 Å². The van der Waals surface area contributed by atoms with Gasteiger partial charge in [-0.2, -0.15) is 0 Å². The summed E-state index contributed by atoms with van der Waals surface area (Å²) in [5, 5.41) is 4.25. The second-order valence-corrected chi connectivity index (χ2v) is 12.1. The molecular formula is C40H28N2O2. The van der Waals surface area contributed by atoms with E-state index in [1.807, 2.05) is 79.0 Å². The zero-order chi connectivity index (χ0) is 29.4. The van der Waals surface area contributed by atoms with Crippen molar-refractivity contribution >= 4 is 45.3 Å². The topological polar surface area (TPSA) is 49.7 Å². The highest BCUT2D eigenvalue weighted by molar-refractivity contribution is 6.27. The lowest BCUT2D eigenvalue weighted by Crippen LogP contribution is -2.54. The molecule has 2 bridgehead atoms. The summed E-state index contributed by atoms with van der Waals surface area (Å²) in [4.78, 5) is 36.1. The van der Waals surface area contributed by atoms with Crippen molar-refractivity contribution in [1.29, 1.82) is 0 Å². The zero-order valence-electron chi connectivity index (χ0n) is 23.9. The number of carbonyl (C=O) groups is 2. The molecule has 44 heavy (non-hydrogen) atoms. The molecule has 1 aliphatic heterocycles. The minimum atomic E-state index is -0.872. The van der Waals surface area contributed by atoms with Gasteiger partial charge in [0.15, 0.2) is 0 Å². The average Bonchev–Trinajstić information content (AvgIpc) is 3.35. The van der Waals surface area contributed by atoms with E-state index in [1.165, 1.54) is 15.7 Å². The number of benzene rings is 6. The molecule has 4 nitrogen and oxygen atoms in total. The van der Waals surface area contributed by atoms with Crippen molar-refractivity contribution in [3.63, 3.8) is 0 Å². The van der Waals surface area contributed by atoms with E-state index in [-0.39, 0.29) is 17.7 Å². The number of fused-ring (bicyclic) bond motifs is 2. The highest BCUT2D eigenvalue weighted by atomic mass is 16.2. The van der Waals surface area contributed by atoms with Gasteiger partial charge in [0.25, 0.3) is 0 Å². The lowest BCUT2D eigenvalue weighted by Gasteiger charge is -2.52. The Labute approximate surface area is 255 Å². The van der Waals surface area contributed by atoms with Gasteiger partial charge in [-0.05, 0) is 50.0 Å². The Balaban J connectivity index is 1.26. The van der Waals surface area contributed by atoms with Crippen LogP contribution < -0.4 is 4.90 Å². The van der Waals surface area contributed by atoms with Gasteiger partial charge in [0, 0.05) is 17.5 Å². The van der Waals surface area contributed by atoms with Crippen molar-refractivity contribution in [3.8, 4) is 0 Å². The third kappa shape index (κ3) is 3.25. The van der Waals surface area contributed by atoms with Crippen molar-refractivity contribution in [1.82, 2.24) is 0 Å². The van der Waals surface area contributed by atoms with Crippen LogP contribution in [0.1, 0.15) is 33.7 Å². The SMILES string of the molecule is O=C1[C@@H]2C3c4ccccc4C(C=NCc4cccc5ccccc45)(c4ccccc43)[C@H]2C(=O)N1c1cccc2ccccc12. The maximum absolute atomic E-state index is 14.9. The van der Waals surface area contributed by atoms with Crippen LogP contribution in [0.15, 0.2) is 138 Å². The number of aliphatic imine (C=N–C) groups is 1. The minimum absolute atomic E-state index is 0.128. The van der Waals surface area contributed by atoms with E-state index in [1.54, 1.807) is 0 Å². The van der Waals surface area contributed by atoms with Crippen molar-refractivity contribution in [2.45, 2.75) is 17.9 Å². The van der Waals surface area contributed by atoms with Gasteiger partial charge in [-0.3, -0.25) is 14.6 Å². The molecule has 0 unspecified atom stereocenters. The van der Waals surface area contributed by atoms with Crippen LogP contribution in [0.3, 0.4) is 0 Å². The molecule has 4 heteroatoms. The van der Waals surface area contributed by atoms with Crippen LogP contribution in [0, 0.1) is 11.8 Å². The Morgan fingerprint density at radius 2 is 1.18 bits per heavy atom. The van der Waals surface area contributed by atoms with Gasteiger partial charge in [-0.15, -0.1) is 0 Å². The summed E-state index contributed by atoms with van der Waals surface area (Å²) in [5.41, 5.74) is 5.30. The molecule has 6 aromatic carbocycles. The Morgan fingerprint density at radius 1 is 0.614 bits per heavy atom. The maximum atomic E-state index is 14.9. The van der Waals surface area contributed by atoms with Crippen molar-refractivity contribution < 1.29 is 9.59 Å². The molecule has 4 aliphatic rings. The van der Waals surface area contributed by atoms with Gasteiger partial charge >= 0.3 is 0 Å². The fraction of sp³-hybridized carbons (Fsp3) is 0.125. The quantitative estimate of drug-likeness (QED) is 0.161. The van der Waals surface area contributed by atoms with E-state index >= 15 is 0 Å². The van der Waals surface area contributed by atoms with Crippen LogP contribution in [0.2, 0.25) is 0 Å². The number of amides is 2. The molecule has 0 N–H and O–H groups in total. The number of hydrogen-bond donors (Lipinski definition) is 0. The van der Waals surface area contributed by atoms with Gasteiger partial charge in [0.2, 0.25) is 11.8 Å². The zero-order valence-corrected chi connectivity index (χ0v) is 23.9. The summed E-state index contributed by atoms with van der Waals surface area (Å²) >= 11 is 0. The smallest absolute Gasteiger partial charge is 0.239 e. The van der Waals surface area contributed by atoms with Gasteiger partial charge < -0.3 is 0 Å². The normalized spacial score (nSPS) is 23.4. The first kappa shape index (κ1) is 25.2. The molecule has 210 valence electrons. The van der Waals surface area contributed by atoms with E-state index in [0.29, 0.717) is 12.2 Å². The highest BCUT2D eigenvalue weighted by Crippen LogP contribution is 2.63. The number of hydrogen-bond acceptors (Lipinski definition) is 3. The average molecular weight is 569 g/mol. The molecule has 1 heterocycles. The highest BCUT2D eigenvalue weighted by Gasteiger charge is 2.68. The van der Waals surface area contributed by atoms with Crippen molar-refractivity contribution in [2.24, 2.45) is 16.8 Å². The molecule has 0 spiro atoms. The second kappa shape index (κ2) is 9.32. The van der Waals surface area contributed by atoms with Gasteiger partial charge in [-0.25, -0.2) is 4.90 Å². The van der Waals surface area contributed by atoms with E-state index < -0.39 is 17.3 Å². The molecule has 10 rings (SSSR count). The minimum Gasteiger partial charge on any atom is -0.291 e. The standard InChI is InChI=1S/C40H28N2O2/c43-38-36-35-30-18-5-7-20-32(30)40(33-21-8-6-19-31(33)35,24-41-23-27-15-9-13-25-11-1-3-16-28(25)27)37(36)39(44)42(38)34-22-10-14-26-12-2-4-17-29(26)34/h1-22,24,35-37H,23H2/t35?,36-,37-,40?/m1/s1. The van der Waals surface area contributed by atoms with Crippen molar-refractivity contribution in [2.75, 3.05) is 4.90 Å². The summed E-state index contributed by atoms with van der Waals surface area (Å²) in [7, 11) is 0. The molecule has 0 saturated carbocycles. The van der Waals surface area contributed by atoms with Crippen LogP contribution in [-0.4, -0.2) is 18.0 Å². The monoisotopic (exact) mass is 568 g/mol. The first-order valence-corrected chi connectivity index (χ1v) is 15.2. The molecule has 2 atom stereocenters. The number of anilines is 1. The second-order valence-electron chi connectivity index (χ2n) is 12.1. The maximum Gasteiger partial charge on any atom is 0.239 e. The lowest BCUT2D eigenvalue weighted by molar-refractivity contribution is -0.122. The van der Waals surface area contributed by atoms with E-state index in [0.717, 1.165) is 38.6 Å². The fourth-order valence-corrected chi connectivity index (χ4v) is 8.41. The largest absolute Gasteiger partial charge is 0.291 e. The first-order chi connectivity index (χ1) is 21.7. The molecule has 3 aliphatic carbocycles. The number of nitrogens with zero attached hydrogens (tertiary/aromatic N) is 2. The summed E-state index contributed by atoms with van der Waals surface area (Å²) in [6, 6.07) is 45.2. The molecule has 0 radical (unpaired) electrons. The summed E-state index contributed by atoms with van der Waals surface area (Å²) in [5.74, 6) is -1.59. The van der Waals surface area contributed by atoms with Gasteiger partial charge in [0.05, 0.1) is 29.5 Å². The molecule has 6 aromatic rings. The van der Waals surface area contributed by atoms with E-state index in [4.69, 9.17) is 4.99 Å². The number of rotatable bonds is 4. The predicted octanol–water partition coefficient (Wildman–Crippen LogP) is 7.81. The van der Waals surface area contributed by atoms with E-state index in [2.05, 4.69) is 60.7 Å². The third-order valence-corrected chi connectivity index (χ3v) is 10.1. The third-order valence-electron chi connectivity index (χ3n) is 10.1. The Bertz CT molecular complexity index is 2140. The van der Waals surface area contributed by atoms with Crippen LogP contribution >= 0.6 is 0 Å². The summed E-state index contributed by atoms with van der Waals surface area (Å²) < 4.78 is 0. The van der Waals surface area contributed by atoms with Crippen molar-refractivity contribution in [3.05, 3.63) is 161 Å². The molecular weight excluding hydrogens is 540 g/mol. The summed E-state index contributed by atoms with van der Waals surface area (Å²) in [6.07, 6.45) is 2.01. The summed E-state index contributed by atoms with van der Waals surface area (Å²) in [6.45, 7) is 0.476. The molecule has 0 aromatic heterocycles. The van der Waals surface area contributed by atoms with Gasteiger partial charge in [-0.1, -0.05) is 127 Å². The predicted molar refractivity (Wildman–Crippen MR) is 175 cm³/mol. The molecule has 2 amide bonds. The Kier molecular flexibility index (Phi) is 5.33.